The molecule has 1 aromatic heterocycles. The third-order valence-corrected chi connectivity index (χ3v) is 4.06. The number of piperidine rings is 1. The van der Waals surface area contributed by atoms with E-state index in [0.717, 1.165) is 25.3 Å². The fourth-order valence-electron chi connectivity index (χ4n) is 2.79. The van der Waals surface area contributed by atoms with Gasteiger partial charge in [0.15, 0.2) is 0 Å². The monoisotopic (exact) mass is 322 g/mol. The number of rotatable bonds is 4. The summed E-state index contributed by atoms with van der Waals surface area (Å²) < 4.78 is 0. The van der Waals surface area contributed by atoms with Crippen molar-refractivity contribution in [1.29, 1.82) is 0 Å². The first kappa shape index (κ1) is 17.0. The van der Waals surface area contributed by atoms with Crippen molar-refractivity contribution in [3.8, 4) is 0 Å². The summed E-state index contributed by atoms with van der Waals surface area (Å²) in [5, 5.41) is 0. The van der Waals surface area contributed by atoms with E-state index in [0.29, 0.717) is 19.5 Å². The smallest absolute Gasteiger partial charge is 0.326 e. The second-order valence-corrected chi connectivity index (χ2v) is 6.09. The van der Waals surface area contributed by atoms with Crippen LogP contribution in [-0.2, 0) is 4.79 Å². The summed E-state index contributed by atoms with van der Waals surface area (Å²) in [6.07, 6.45) is 3.00. The van der Waals surface area contributed by atoms with Crippen LogP contribution >= 0.6 is 0 Å². The van der Waals surface area contributed by atoms with Crippen LogP contribution in [0.3, 0.4) is 0 Å². The number of H-pyrrole nitrogens is 2. The molecule has 1 aliphatic heterocycles. The molecular formula is C15H22N4O4. The minimum Gasteiger partial charge on any atom is -0.349 e. The Morgan fingerprint density at radius 1 is 1.30 bits per heavy atom. The Morgan fingerprint density at radius 3 is 2.70 bits per heavy atom. The third-order valence-electron chi connectivity index (χ3n) is 4.06. The van der Waals surface area contributed by atoms with E-state index in [1.165, 1.54) is 0 Å². The number of carbonyl (C=O) groups excluding carboxylic acids is 2. The Bertz CT molecular complexity index is 663. The van der Waals surface area contributed by atoms with E-state index >= 15 is 0 Å². The Balaban J connectivity index is 2.00. The molecule has 2 N–H and O–H groups in total. The molecule has 1 atom stereocenters. The second-order valence-electron chi connectivity index (χ2n) is 6.09. The lowest BCUT2D eigenvalue weighted by molar-refractivity contribution is -0.129. The van der Waals surface area contributed by atoms with Crippen molar-refractivity contribution >= 4 is 11.8 Å². The summed E-state index contributed by atoms with van der Waals surface area (Å²) in [6, 6.07) is 1.10. The SMILES string of the molecule is CN(C)C(=O)CCC1CCCN(C(=O)c2cc(=O)[nH]c(=O)[nH]2)C1. The third kappa shape index (κ3) is 4.54. The average molecular weight is 322 g/mol. The number of hydrogen-bond acceptors (Lipinski definition) is 4. The van der Waals surface area contributed by atoms with Crippen molar-refractivity contribution in [2.75, 3.05) is 27.2 Å². The first-order chi connectivity index (χ1) is 10.9. The summed E-state index contributed by atoms with van der Waals surface area (Å²) in [5.74, 6) is -0.0190. The van der Waals surface area contributed by atoms with Crippen LogP contribution in [0.15, 0.2) is 15.7 Å². The first-order valence-corrected chi connectivity index (χ1v) is 7.70. The molecule has 8 heteroatoms. The maximum absolute atomic E-state index is 12.4. The van der Waals surface area contributed by atoms with Gasteiger partial charge < -0.3 is 14.8 Å². The number of carbonyl (C=O) groups is 2. The first-order valence-electron chi connectivity index (χ1n) is 7.70. The molecule has 0 radical (unpaired) electrons. The topological polar surface area (TPSA) is 106 Å². The number of hydrogen-bond donors (Lipinski definition) is 2. The zero-order valence-corrected chi connectivity index (χ0v) is 13.4. The fourth-order valence-corrected chi connectivity index (χ4v) is 2.79. The molecule has 126 valence electrons. The Labute approximate surface area is 133 Å². The van der Waals surface area contributed by atoms with Gasteiger partial charge in [-0.1, -0.05) is 0 Å². The van der Waals surface area contributed by atoms with Gasteiger partial charge in [-0.25, -0.2) is 4.79 Å². The van der Waals surface area contributed by atoms with Crippen molar-refractivity contribution in [3.63, 3.8) is 0 Å². The van der Waals surface area contributed by atoms with Crippen molar-refractivity contribution in [2.24, 2.45) is 5.92 Å². The minimum absolute atomic E-state index is 0.00349. The van der Waals surface area contributed by atoms with Crippen LogP contribution in [0.1, 0.15) is 36.2 Å². The second kappa shape index (κ2) is 7.26. The number of amides is 2. The molecule has 2 heterocycles. The zero-order chi connectivity index (χ0) is 17.0. The molecule has 23 heavy (non-hydrogen) atoms. The van der Waals surface area contributed by atoms with Crippen LogP contribution in [0.2, 0.25) is 0 Å². The van der Waals surface area contributed by atoms with Crippen molar-refractivity contribution in [2.45, 2.75) is 25.7 Å². The molecule has 1 unspecified atom stereocenters. The van der Waals surface area contributed by atoms with Gasteiger partial charge in [0, 0.05) is 39.7 Å². The molecule has 0 bridgehead atoms. The van der Waals surface area contributed by atoms with E-state index in [4.69, 9.17) is 0 Å². The Hall–Kier alpha value is -2.38. The molecular weight excluding hydrogens is 300 g/mol. The van der Waals surface area contributed by atoms with Crippen LogP contribution in [0.4, 0.5) is 0 Å². The van der Waals surface area contributed by atoms with Crippen LogP contribution in [-0.4, -0.2) is 58.8 Å². The maximum Gasteiger partial charge on any atom is 0.326 e. The molecule has 0 spiro atoms. The summed E-state index contributed by atoms with van der Waals surface area (Å²) in [5.41, 5.74) is -1.28. The van der Waals surface area contributed by atoms with Crippen molar-refractivity contribution < 1.29 is 9.59 Å². The number of likely N-dealkylation sites (tertiary alicyclic amines) is 1. The zero-order valence-electron chi connectivity index (χ0n) is 13.4. The van der Waals surface area contributed by atoms with E-state index in [2.05, 4.69) is 4.98 Å². The van der Waals surface area contributed by atoms with Crippen LogP contribution in [0.25, 0.3) is 0 Å². The van der Waals surface area contributed by atoms with Gasteiger partial charge in [0.2, 0.25) is 5.91 Å². The Morgan fingerprint density at radius 2 is 2.04 bits per heavy atom. The molecule has 1 aromatic rings. The van der Waals surface area contributed by atoms with Crippen LogP contribution < -0.4 is 11.2 Å². The summed E-state index contributed by atoms with van der Waals surface area (Å²) in [7, 11) is 3.45. The standard InChI is InChI=1S/C15H22N4O4/c1-18(2)13(21)6-5-10-4-3-7-19(9-10)14(22)11-8-12(20)17-15(23)16-11/h8,10H,3-7,9H2,1-2H3,(H2,16,17,20,23). The van der Waals surface area contributed by atoms with Crippen LogP contribution in [0.5, 0.6) is 0 Å². The van der Waals surface area contributed by atoms with Gasteiger partial charge in [-0.05, 0) is 25.2 Å². The lowest BCUT2D eigenvalue weighted by atomic mass is 9.93. The Kier molecular flexibility index (Phi) is 5.36. The van der Waals surface area contributed by atoms with E-state index in [9.17, 15) is 19.2 Å². The highest BCUT2D eigenvalue weighted by atomic mass is 16.2. The van der Waals surface area contributed by atoms with Gasteiger partial charge in [-0.15, -0.1) is 0 Å². The molecule has 1 aliphatic rings. The molecule has 2 amide bonds. The van der Waals surface area contributed by atoms with E-state index in [1.807, 2.05) is 4.98 Å². The number of nitrogens with one attached hydrogen (secondary N) is 2. The van der Waals surface area contributed by atoms with Gasteiger partial charge >= 0.3 is 5.69 Å². The lowest BCUT2D eigenvalue weighted by Gasteiger charge is -2.32. The largest absolute Gasteiger partial charge is 0.349 e. The normalized spacial score (nSPS) is 17.8. The summed E-state index contributed by atoms with van der Waals surface area (Å²) in [4.78, 5) is 54.3. The molecule has 2 rings (SSSR count). The maximum atomic E-state index is 12.4. The highest BCUT2D eigenvalue weighted by Crippen LogP contribution is 2.22. The number of aromatic amines is 2. The average Bonchev–Trinajstić information content (AvgIpc) is 2.51. The molecule has 0 aromatic carbocycles. The fraction of sp³-hybridized carbons (Fsp3) is 0.600. The van der Waals surface area contributed by atoms with Gasteiger partial charge in [0.25, 0.3) is 11.5 Å². The highest BCUT2D eigenvalue weighted by molar-refractivity contribution is 5.92. The number of aromatic nitrogens is 2. The van der Waals surface area contributed by atoms with Gasteiger partial charge in [0.05, 0.1) is 0 Å². The van der Waals surface area contributed by atoms with Gasteiger partial charge in [0.1, 0.15) is 5.69 Å². The number of nitrogens with zero attached hydrogens (tertiary/aromatic N) is 2. The van der Waals surface area contributed by atoms with E-state index < -0.39 is 11.2 Å². The highest BCUT2D eigenvalue weighted by Gasteiger charge is 2.25. The molecule has 1 saturated heterocycles. The predicted octanol–water partition coefficient (Wildman–Crippen LogP) is -0.216. The summed E-state index contributed by atoms with van der Waals surface area (Å²) in [6.45, 7) is 1.13. The molecule has 0 aliphatic carbocycles. The van der Waals surface area contributed by atoms with Gasteiger partial charge in [-0.2, -0.15) is 0 Å². The van der Waals surface area contributed by atoms with Gasteiger partial charge in [-0.3, -0.25) is 19.4 Å². The molecule has 0 saturated carbocycles. The predicted molar refractivity (Wildman–Crippen MR) is 84.2 cm³/mol. The van der Waals surface area contributed by atoms with Crippen molar-refractivity contribution in [1.82, 2.24) is 19.8 Å². The quantitative estimate of drug-likeness (QED) is 0.799. The van der Waals surface area contributed by atoms with Crippen LogP contribution in [0, 0.1) is 5.92 Å². The van der Waals surface area contributed by atoms with Crippen molar-refractivity contribution in [3.05, 3.63) is 32.6 Å². The summed E-state index contributed by atoms with van der Waals surface area (Å²) >= 11 is 0. The molecule has 8 nitrogen and oxygen atoms in total. The van der Waals surface area contributed by atoms with E-state index in [1.54, 1.807) is 23.9 Å². The minimum atomic E-state index is -0.689. The van der Waals surface area contributed by atoms with E-state index in [-0.39, 0.29) is 23.4 Å². The lowest BCUT2D eigenvalue weighted by Crippen LogP contribution is -2.41. The molecule has 1 fully saturated rings.